The topological polar surface area (TPSA) is 116 Å². The van der Waals surface area contributed by atoms with Gasteiger partial charge in [-0.15, -0.1) is 0 Å². The number of hydrogen-bond acceptors (Lipinski definition) is 5. The third-order valence-corrected chi connectivity index (χ3v) is 6.88. The summed E-state index contributed by atoms with van der Waals surface area (Å²) in [6, 6.07) is 20.4. The molecule has 206 valence electrons. The average molecular weight is 540 g/mol. The molecule has 0 atom stereocenters. The highest BCUT2D eigenvalue weighted by Crippen LogP contribution is 2.28. The molecule has 1 aliphatic heterocycles. The lowest BCUT2D eigenvalue weighted by Crippen LogP contribution is -2.56. The maximum atomic E-state index is 13.6. The second-order valence-corrected chi connectivity index (χ2v) is 9.83. The van der Waals surface area contributed by atoms with Gasteiger partial charge in [0.05, 0.1) is 0 Å². The van der Waals surface area contributed by atoms with Gasteiger partial charge < -0.3 is 10.8 Å². The number of rotatable bonds is 10. The summed E-state index contributed by atoms with van der Waals surface area (Å²) < 4.78 is 1.20. The van der Waals surface area contributed by atoms with E-state index in [1.54, 1.807) is 42.5 Å². The number of amides is 4. The Kier molecular flexibility index (Phi) is 9.22. The van der Waals surface area contributed by atoms with Crippen LogP contribution in [0.2, 0.25) is 0 Å². The molecule has 0 saturated heterocycles. The van der Waals surface area contributed by atoms with Crippen LogP contribution in [0.3, 0.4) is 0 Å². The zero-order valence-electron chi connectivity index (χ0n) is 23.0. The third-order valence-electron chi connectivity index (χ3n) is 6.88. The van der Waals surface area contributed by atoms with Crippen LogP contribution in [-0.4, -0.2) is 44.0 Å². The number of carbonyl (C=O) groups excluding carboxylic acids is 3. The van der Waals surface area contributed by atoms with Crippen LogP contribution in [0, 0.1) is 0 Å². The van der Waals surface area contributed by atoms with E-state index in [0.717, 1.165) is 36.1 Å². The number of carbonyl (C=O) groups is 3. The van der Waals surface area contributed by atoms with Gasteiger partial charge in [-0.3, -0.25) is 4.79 Å². The van der Waals surface area contributed by atoms with Crippen molar-refractivity contribution in [2.45, 2.75) is 58.9 Å². The molecule has 0 fully saturated rings. The maximum absolute atomic E-state index is 13.6. The number of aliphatic imine (C=N–C) groups is 1. The number of imide groups is 1. The maximum Gasteiger partial charge on any atom is 0.451 e. The summed E-state index contributed by atoms with van der Waals surface area (Å²) >= 11 is 0. The Morgan fingerprint density at radius 3 is 2.00 bits per heavy atom. The number of unbranched alkanes of at least 4 members (excludes halogenated alkanes) is 2. The van der Waals surface area contributed by atoms with Gasteiger partial charge in [0.2, 0.25) is 5.71 Å². The van der Waals surface area contributed by atoms with Crippen LogP contribution in [0.1, 0.15) is 66.6 Å². The Balaban J connectivity index is 1.81. The number of urea groups is 1. The van der Waals surface area contributed by atoms with Gasteiger partial charge in [-0.1, -0.05) is 75.2 Å². The molecule has 4 amide bonds. The van der Waals surface area contributed by atoms with Crippen molar-refractivity contribution in [2.75, 3.05) is 0 Å². The Bertz CT molecular complexity index is 1430. The number of nitrogens with two attached hydrogens (primary N) is 1. The van der Waals surface area contributed by atoms with Gasteiger partial charge in [-0.25, -0.2) is 9.59 Å². The molecule has 3 aromatic carbocycles. The lowest BCUT2D eigenvalue weighted by molar-refractivity contribution is -0.344. The van der Waals surface area contributed by atoms with Crippen LogP contribution in [0.4, 0.5) is 10.5 Å². The fraction of sp³-hybridized carbons (Fsp3) is 0.281. The average Bonchev–Trinajstić information content (AvgIpc) is 2.97. The zero-order chi connectivity index (χ0) is 28.6. The van der Waals surface area contributed by atoms with Crippen LogP contribution < -0.4 is 5.73 Å². The molecule has 0 radical (unpaired) electrons. The molecule has 3 aromatic rings. The fourth-order valence-corrected chi connectivity index (χ4v) is 4.66. The first-order valence-electron chi connectivity index (χ1n) is 13.7. The number of amidine groups is 1. The summed E-state index contributed by atoms with van der Waals surface area (Å²) in [6.45, 7) is 4.11. The molecule has 8 heteroatoms. The SMILES string of the molecule is CCCCc1cc(C(=O)N=C2C(=O)N(Cc3ccccc3)C(=O)[N+](c3ccccc3)=C2N)cc(CCCC)c1O. The van der Waals surface area contributed by atoms with Crippen molar-refractivity contribution >= 4 is 35.1 Å². The number of phenols is 1. The summed E-state index contributed by atoms with van der Waals surface area (Å²) in [7, 11) is 0. The van der Waals surface area contributed by atoms with E-state index in [1.807, 2.05) is 30.3 Å². The van der Waals surface area contributed by atoms with E-state index in [4.69, 9.17) is 5.73 Å². The lowest BCUT2D eigenvalue weighted by atomic mass is 9.96. The summed E-state index contributed by atoms with van der Waals surface area (Å²) in [6.07, 6.45) is 4.82. The lowest BCUT2D eigenvalue weighted by Gasteiger charge is -2.23. The molecule has 3 N–H and O–H groups in total. The van der Waals surface area contributed by atoms with Crippen molar-refractivity contribution in [3.05, 3.63) is 95.1 Å². The Morgan fingerprint density at radius 1 is 0.900 bits per heavy atom. The van der Waals surface area contributed by atoms with Crippen molar-refractivity contribution in [3.8, 4) is 5.75 Å². The molecule has 1 aliphatic rings. The fourth-order valence-electron chi connectivity index (χ4n) is 4.66. The molecule has 8 nitrogen and oxygen atoms in total. The number of para-hydroxylation sites is 1. The Morgan fingerprint density at radius 2 is 1.45 bits per heavy atom. The number of phenolic OH excluding ortho intramolecular Hbond substituents is 1. The first kappa shape index (κ1) is 28.4. The molecule has 1 heterocycles. The Labute approximate surface area is 234 Å². The first-order chi connectivity index (χ1) is 19.3. The highest BCUT2D eigenvalue weighted by atomic mass is 16.3. The van der Waals surface area contributed by atoms with E-state index in [9.17, 15) is 19.5 Å². The smallest absolute Gasteiger partial charge is 0.451 e. The van der Waals surface area contributed by atoms with Crippen LogP contribution >= 0.6 is 0 Å². The highest BCUT2D eigenvalue weighted by molar-refractivity contribution is 6.68. The van der Waals surface area contributed by atoms with Gasteiger partial charge in [-0.2, -0.15) is 14.5 Å². The minimum Gasteiger partial charge on any atom is -0.507 e. The molecule has 40 heavy (non-hydrogen) atoms. The summed E-state index contributed by atoms with van der Waals surface area (Å²) in [5.41, 5.74) is 8.89. The number of aromatic hydroxyl groups is 1. The molecule has 0 saturated carbocycles. The minimum atomic E-state index is -0.747. The number of nitrogens with zero attached hydrogens (tertiary/aromatic N) is 3. The van der Waals surface area contributed by atoms with Gasteiger partial charge in [0, 0.05) is 5.56 Å². The molecular formula is C32H35N4O4+. The molecule has 0 bridgehead atoms. The summed E-state index contributed by atoms with van der Waals surface area (Å²) in [5, 5.41) is 10.8. The largest absolute Gasteiger partial charge is 0.507 e. The van der Waals surface area contributed by atoms with Crippen molar-refractivity contribution in [1.82, 2.24) is 4.90 Å². The van der Waals surface area contributed by atoms with Gasteiger partial charge in [0.25, 0.3) is 11.7 Å². The van der Waals surface area contributed by atoms with E-state index < -0.39 is 17.8 Å². The standard InChI is InChI=1S/C32H34N4O4/c1-3-5-15-23-19-25(20-24(28(23)37)16-6-4-2)30(38)34-27-29(33)36(26-17-11-8-12-18-26)32(40)35(31(27)39)21-22-13-9-7-10-14-22/h7-14,17-20,33H,3-6,15-16,21H2,1-2H3,(H,37,38)/p+1. The molecule has 0 spiro atoms. The van der Waals surface area contributed by atoms with Gasteiger partial charge >= 0.3 is 11.9 Å². The van der Waals surface area contributed by atoms with E-state index >= 15 is 0 Å². The number of hydrogen-bond donors (Lipinski definition) is 2. The molecule has 0 aliphatic carbocycles. The van der Waals surface area contributed by atoms with Gasteiger partial charge in [-0.05, 0) is 66.6 Å². The van der Waals surface area contributed by atoms with Crippen molar-refractivity contribution in [1.29, 1.82) is 0 Å². The highest BCUT2D eigenvalue weighted by Gasteiger charge is 2.44. The van der Waals surface area contributed by atoms with Crippen LogP contribution in [0.25, 0.3) is 0 Å². The number of aryl methyl sites for hydroxylation is 2. The molecule has 4 rings (SSSR count). The Hall–Kier alpha value is -4.59. The van der Waals surface area contributed by atoms with E-state index in [1.165, 1.54) is 4.58 Å². The van der Waals surface area contributed by atoms with Crippen molar-refractivity contribution in [2.24, 2.45) is 10.7 Å². The quantitative estimate of drug-likeness (QED) is 0.329. The second kappa shape index (κ2) is 13.0. The minimum absolute atomic E-state index is 0.0100. The predicted octanol–water partition coefficient (Wildman–Crippen LogP) is 5.52. The summed E-state index contributed by atoms with van der Waals surface area (Å²) in [5.74, 6) is -1.41. The third kappa shape index (κ3) is 6.17. The molecule has 0 unspecified atom stereocenters. The van der Waals surface area contributed by atoms with Crippen molar-refractivity contribution < 1.29 is 24.1 Å². The van der Waals surface area contributed by atoms with E-state index in [2.05, 4.69) is 18.8 Å². The van der Waals surface area contributed by atoms with Gasteiger partial charge in [0.15, 0.2) is 0 Å². The normalized spacial score (nSPS) is 14.8. The molecule has 0 aromatic heterocycles. The second-order valence-electron chi connectivity index (χ2n) is 9.83. The van der Waals surface area contributed by atoms with Crippen LogP contribution in [-0.2, 0) is 24.2 Å². The predicted molar refractivity (Wildman–Crippen MR) is 155 cm³/mol. The zero-order valence-corrected chi connectivity index (χ0v) is 23.0. The first-order valence-corrected chi connectivity index (χ1v) is 13.7. The molecular weight excluding hydrogens is 504 g/mol. The summed E-state index contributed by atoms with van der Waals surface area (Å²) in [4.78, 5) is 45.9. The van der Waals surface area contributed by atoms with E-state index in [-0.39, 0.29) is 29.4 Å². The van der Waals surface area contributed by atoms with Crippen LogP contribution in [0.15, 0.2) is 77.8 Å². The monoisotopic (exact) mass is 539 g/mol. The van der Waals surface area contributed by atoms with E-state index in [0.29, 0.717) is 29.7 Å². The van der Waals surface area contributed by atoms with Crippen LogP contribution in [0.5, 0.6) is 5.75 Å². The van der Waals surface area contributed by atoms with Crippen molar-refractivity contribution in [3.63, 3.8) is 0 Å². The van der Waals surface area contributed by atoms with Gasteiger partial charge in [0.1, 0.15) is 18.0 Å². The number of benzene rings is 3.